The quantitative estimate of drug-likeness (QED) is 0.367. The van der Waals surface area contributed by atoms with Gasteiger partial charge >= 0.3 is 0 Å². The summed E-state index contributed by atoms with van der Waals surface area (Å²) in [5, 5.41) is 7.59. The second kappa shape index (κ2) is 9.35. The van der Waals surface area contributed by atoms with Crippen LogP contribution >= 0.6 is 12.2 Å². The van der Waals surface area contributed by atoms with Gasteiger partial charge in [0.2, 0.25) is 0 Å². The fourth-order valence-electron chi connectivity index (χ4n) is 2.25. The molecule has 0 saturated heterocycles. The van der Waals surface area contributed by atoms with Crippen LogP contribution in [0.25, 0.3) is 0 Å². The lowest BCUT2D eigenvalue weighted by Crippen LogP contribution is -2.23. The summed E-state index contributed by atoms with van der Waals surface area (Å²) < 4.78 is 10.9. The van der Waals surface area contributed by atoms with Crippen molar-refractivity contribution in [2.45, 2.75) is 0 Å². The summed E-state index contributed by atoms with van der Waals surface area (Å²) in [5.41, 5.74) is 4.57. The Hall–Kier alpha value is -3.38. The molecule has 0 bridgehead atoms. The summed E-state index contributed by atoms with van der Waals surface area (Å²) >= 11 is 5.22. The van der Waals surface area contributed by atoms with Gasteiger partial charge in [-0.05, 0) is 78.4 Å². The zero-order valence-corrected chi connectivity index (χ0v) is 15.6. The van der Waals surface area contributed by atoms with Crippen molar-refractivity contribution in [3.63, 3.8) is 0 Å². The Labute approximate surface area is 163 Å². The van der Waals surface area contributed by atoms with Gasteiger partial charge in [0.15, 0.2) is 5.11 Å². The van der Waals surface area contributed by atoms with Crippen molar-refractivity contribution in [3.8, 4) is 17.2 Å². The van der Waals surface area contributed by atoms with E-state index in [4.69, 9.17) is 21.7 Å². The number of benzene rings is 3. The standard InChI is InChI=1S/C21H19N3O2S/c1-25-18-13-9-17(10-14-18)23-21(27)24-22-15-16-7-11-20(12-8-16)26-19-5-3-2-4-6-19/h2-15H,1H3,(H2,23,24,27)/b22-15+. The number of anilines is 1. The summed E-state index contributed by atoms with van der Waals surface area (Å²) in [6, 6.07) is 24.7. The van der Waals surface area contributed by atoms with Gasteiger partial charge < -0.3 is 14.8 Å². The number of hydrogen-bond acceptors (Lipinski definition) is 4. The smallest absolute Gasteiger partial charge is 0.191 e. The van der Waals surface area contributed by atoms with Crippen molar-refractivity contribution >= 4 is 29.2 Å². The van der Waals surface area contributed by atoms with E-state index in [-0.39, 0.29) is 0 Å². The maximum absolute atomic E-state index is 5.76. The van der Waals surface area contributed by atoms with Gasteiger partial charge in [0, 0.05) is 5.69 Å². The van der Waals surface area contributed by atoms with Gasteiger partial charge in [-0.1, -0.05) is 18.2 Å². The zero-order valence-electron chi connectivity index (χ0n) is 14.8. The van der Waals surface area contributed by atoms with Crippen LogP contribution in [0.4, 0.5) is 5.69 Å². The average molecular weight is 377 g/mol. The molecule has 0 fully saturated rings. The number of nitrogens with zero attached hydrogens (tertiary/aromatic N) is 1. The number of nitrogens with one attached hydrogen (secondary N) is 2. The zero-order chi connectivity index (χ0) is 18.9. The molecule has 3 aromatic rings. The Balaban J connectivity index is 1.49. The summed E-state index contributed by atoms with van der Waals surface area (Å²) in [6.45, 7) is 0. The van der Waals surface area contributed by atoms with Gasteiger partial charge in [-0.3, -0.25) is 5.43 Å². The number of para-hydroxylation sites is 1. The number of methoxy groups -OCH3 is 1. The summed E-state index contributed by atoms with van der Waals surface area (Å²) in [6.07, 6.45) is 1.69. The van der Waals surface area contributed by atoms with Crippen LogP contribution in [0.2, 0.25) is 0 Å². The third-order valence-electron chi connectivity index (χ3n) is 3.59. The topological polar surface area (TPSA) is 54.9 Å². The predicted octanol–water partition coefficient (Wildman–Crippen LogP) is 4.81. The third-order valence-corrected chi connectivity index (χ3v) is 3.78. The van der Waals surface area contributed by atoms with E-state index in [0.717, 1.165) is 28.5 Å². The molecule has 136 valence electrons. The molecule has 27 heavy (non-hydrogen) atoms. The van der Waals surface area contributed by atoms with Crippen LogP contribution in [0, 0.1) is 0 Å². The van der Waals surface area contributed by atoms with Crippen molar-refractivity contribution in [2.75, 3.05) is 12.4 Å². The van der Waals surface area contributed by atoms with Crippen molar-refractivity contribution in [1.29, 1.82) is 0 Å². The SMILES string of the molecule is COc1ccc(NC(=S)N/N=C/c2ccc(Oc3ccccc3)cc2)cc1. The van der Waals surface area contributed by atoms with E-state index in [1.165, 1.54) is 0 Å². The Kier molecular flexibility index (Phi) is 6.38. The Morgan fingerprint density at radius 3 is 2.15 bits per heavy atom. The molecule has 0 aromatic heterocycles. The minimum Gasteiger partial charge on any atom is -0.497 e. The monoisotopic (exact) mass is 377 g/mol. The highest BCUT2D eigenvalue weighted by atomic mass is 32.1. The molecule has 0 aliphatic heterocycles. The highest BCUT2D eigenvalue weighted by Crippen LogP contribution is 2.20. The Bertz CT molecular complexity index is 895. The molecular formula is C21H19N3O2S. The number of ether oxygens (including phenoxy) is 2. The van der Waals surface area contributed by atoms with E-state index >= 15 is 0 Å². The lowest BCUT2D eigenvalue weighted by molar-refractivity contribution is 0.415. The molecule has 0 spiro atoms. The van der Waals surface area contributed by atoms with Gasteiger partial charge in [-0.2, -0.15) is 5.10 Å². The first-order valence-corrected chi connectivity index (χ1v) is 8.71. The first-order chi connectivity index (χ1) is 13.2. The predicted molar refractivity (Wildman–Crippen MR) is 113 cm³/mol. The van der Waals surface area contributed by atoms with E-state index in [0.29, 0.717) is 5.11 Å². The summed E-state index contributed by atoms with van der Waals surface area (Å²) in [5.74, 6) is 2.36. The summed E-state index contributed by atoms with van der Waals surface area (Å²) in [4.78, 5) is 0. The van der Waals surface area contributed by atoms with E-state index < -0.39 is 0 Å². The van der Waals surface area contributed by atoms with E-state index in [2.05, 4.69) is 15.8 Å². The second-order valence-electron chi connectivity index (χ2n) is 5.54. The van der Waals surface area contributed by atoms with Gasteiger partial charge in [-0.25, -0.2) is 0 Å². The van der Waals surface area contributed by atoms with Gasteiger partial charge in [0.25, 0.3) is 0 Å². The lowest BCUT2D eigenvalue weighted by Gasteiger charge is -2.07. The molecule has 0 aliphatic carbocycles. The lowest BCUT2D eigenvalue weighted by atomic mass is 10.2. The number of thiocarbonyl (C=S) groups is 1. The third kappa shape index (κ3) is 5.83. The minimum atomic E-state index is 0.403. The molecule has 0 atom stereocenters. The van der Waals surface area contributed by atoms with Crippen molar-refractivity contribution in [3.05, 3.63) is 84.4 Å². The molecular weight excluding hydrogens is 358 g/mol. The Morgan fingerprint density at radius 2 is 1.48 bits per heavy atom. The number of rotatable bonds is 6. The second-order valence-corrected chi connectivity index (χ2v) is 5.95. The Morgan fingerprint density at radius 1 is 0.852 bits per heavy atom. The molecule has 0 heterocycles. The normalized spacial score (nSPS) is 10.4. The molecule has 0 aliphatic rings. The first-order valence-electron chi connectivity index (χ1n) is 8.30. The highest BCUT2D eigenvalue weighted by Gasteiger charge is 1.98. The molecule has 6 heteroatoms. The molecule has 0 unspecified atom stereocenters. The van der Waals surface area contributed by atoms with Crippen LogP contribution in [0.3, 0.4) is 0 Å². The first kappa shape index (κ1) is 18.4. The molecule has 5 nitrogen and oxygen atoms in total. The van der Waals surface area contributed by atoms with Crippen LogP contribution in [-0.2, 0) is 0 Å². The van der Waals surface area contributed by atoms with Gasteiger partial charge in [0.1, 0.15) is 17.2 Å². The van der Waals surface area contributed by atoms with Gasteiger partial charge in [0.05, 0.1) is 13.3 Å². The molecule has 0 saturated carbocycles. The van der Waals surface area contributed by atoms with Crippen molar-refractivity contribution in [2.24, 2.45) is 5.10 Å². The summed E-state index contributed by atoms with van der Waals surface area (Å²) in [7, 11) is 1.63. The van der Waals surface area contributed by atoms with E-state index in [1.807, 2.05) is 78.9 Å². The molecule has 3 rings (SSSR count). The minimum absolute atomic E-state index is 0.403. The van der Waals surface area contributed by atoms with Crippen LogP contribution in [0.5, 0.6) is 17.2 Å². The fraction of sp³-hybridized carbons (Fsp3) is 0.0476. The number of hydrogen-bond donors (Lipinski definition) is 2. The maximum atomic E-state index is 5.76. The van der Waals surface area contributed by atoms with Crippen LogP contribution < -0.4 is 20.2 Å². The largest absolute Gasteiger partial charge is 0.497 e. The highest BCUT2D eigenvalue weighted by molar-refractivity contribution is 7.80. The van der Waals surface area contributed by atoms with E-state index in [9.17, 15) is 0 Å². The van der Waals surface area contributed by atoms with Crippen LogP contribution in [-0.4, -0.2) is 18.4 Å². The molecule has 0 amide bonds. The van der Waals surface area contributed by atoms with Crippen molar-refractivity contribution < 1.29 is 9.47 Å². The van der Waals surface area contributed by atoms with Crippen LogP contribution in [0.1, 0.15) is 5.56 Å². The average Bonchev–Trinajstić information content (AvgIpc) is 2.71. The molecule has 2 N–H and O–H groups in total. The fourth-order valence-corrected chi connectivity index (χ4v) is 2.42. The van der Waals surface area contributed by atoms with Gasteiger partial charge in [-0.15, -0.1) is 0 Å². The number of hydrazone groups is 1. The van der Waals surface area contributed by atoms with Crippen LogP contribution in [0.15, 0.2) is 84.0 Å². The molecule has 0 radical (unpaired) electrons. The van der Waals surface area contributed by atoms with Crippen molar-refractivity contribution in [1.82, 2.24) is 5.43 Å². The molecule has 3 aromatic carbocycles. The maximum Gasteiger partial charge on any atom is 0.191 e. The van der Waals surface area contributed by atoms with E-state index in [1.54, 1.807) is 13.3 Å².